The van der Waals surface area contributed by atoms with Crippen molar-refractivity contribution >= 4 is 16.8 Å². The number of aromatic amines is 1. The normalized spacial score (nSPS) is 15.5. The van der Waals surface area contributed by atoms with Crippen molar-refractivity contribution in [2.75, 3.05) is 13.1 Å². The Balaban J connectivity index is 1.50. The molecular formula is C22H24N2O2. The van der Waals surface area contributed by atoms with Gasteiger partial charge in [-0.05, 0) is 62.6 Å². The van der Waals surface area contributed by atoms with Gasteiger partial charge in [0, 0.05) is 41.2 Å². The Morgan fingerprint density at radius 2 is 1.88 bits per heavy atom. The fraction of sp³-hybridized carbons (Fsp3) is 0.318. The van der Waals surface area contributed by atoms with Gasteiger partial charge in [0.05, 0.1) is 0 Å². The molecule has 4 rings (SSSR count). The molecule has 2 heterocycles. The van der Waals surface area contributed by atoms with Gasteiger partial charge in [0.1, 0.15) is 5.75 Å². The summed E-state index contributed by atoms with van der Waals surface area (Å²) in [6, 6.07) is 13.1. The van der Waals surface area contributed by atoms with E-state index in [9.17, 15) is 9.90 Å². The molecule has 2 N–H and O–H groups in total. The van der Waals surface area contributed by atoms with Gasteiger partial charge in [-0.2, -0.15) is 0 Å². The van der Waals surface area contributed by atoms with Crippen LogP contribution in [0, 0.1) is 13.8 Å². The molecule has 1 fully saturated rings. The first kappa shape index (κ1) is 16.7. The van der Waals surface area contributed by atoms with Crippen molar-refractivity contribution in [2.45, 2.75) is 32.6 Å². The summed E-state index contributed by atoms with van der Waals surface area (Å²) in [5.74, 6) is 0.592. The second kappa shape index (κ2) is 6.52. The van der Waals surface area contributed by atoms with E-state index in [1.807, 2.05) is 4.90 Å². The van der Waals surface area contributed by atoms with Crippen LogP contribution in [0.25, 0.3) is 10.9 Å². The van der Waals surface area contributed by atoms with Crippen LogP contribution in [0.1, 0.15) is 45.9 Å². The van der Waals surface area contributed by atoms with Crippen molar-refractivity contribution in [3.05, 3.63) is 64.8 Å². The number of phenolic OH excluding ortho intramolecular Hbond substituents is 1. The molecule has 1 saturated heterocycles. The Labute approximate surface area is 153 Å². The van der Waals surface area contributed by atoms with E-state index in [0.717, 1.165) is 25.9 Å². The topological polar surface area (TPSA) is 56.3 Å². The summed E-state index contributed by atoms with van der Waals surface area (Å²) in [5.41, 5.74) is 5.68. The van der Waals surface area contributed by atoms with Crippen molar-refractivity contribution in [3.63, 3.8) is 0 Å². The Kier molecular flexibility index (Phi) is 4.19. The summed E-state index contributed by atoms with van der Waals surface area (Å²) in [7, 11) is 0. The summed E-state index contributed by atoms with van der Waals surface area (Å²) in [4.78, 5) is 18.2. The largest absolute Gasteiger partial charge is 0.508 e. The van der Waals surface area contributed by atoms with Crippen LogP contribution in [0.4, 0.5) is 0 Å². The van der Waals surface area contributed by atoms with Gasteiger partial charge in [0.25, 0.3) is 5.91 Å². The molecule has 3 aromatic rings. The number of amides is 1. The van der Waals surface area contributed by atoms with Gasteiger partial charge in [0.2, 0.25) is 0 Å². The van der Waals surface area contributed by atoms with Crippen LogP contribution in [-0.2, 0) is 0 Å². The van der Waals surface area contributed by atoms with Crippen LogP contribution >= 0.6 is 0 Å². The quantitative estimate of drug-likeness (QED) is 0.716. The number of H-pyrrole nitrogens is 1. The molecule has 0 aliphatic carbocycles. The van der Waals surface area contributed by atoms with Crippen molar-refractivity contribution in [1.29, 1.82) is 0 Å². The van der Waals surface area contributed by atoms with Gasteiger partial charge < -0.3 is 15.0 Å². The Morgan fingerprint density at radius 3 is 2.62 bits per heavy atom. The first-order chi connectivity index (χ1) is 12.5. The number of phenols is 1. The molecule has 0 atom stereocenters. The zero-order chi connectivity index (χ0) is 18.3. The standard InChI is InChI=1S/C22H24N2O2/c1-14-6-7-20-19(12-14)15(2)21(23-20)16-8-10-24(11-9-16)22(26)17-4-3-5-18(25)13-17/h3-7,12-13,16,23,25H,8-11H2,1-2H3. The highest BCUT2D eigenvalue weighted by atomic mass is 16.3. The fourth-order valence-corrected chi connectivity index (χ4v) is 4.06. The molecule has 26 heavy (non-hydrogen) atoms. The molecule has 0 radical (unpaired) electrons. The first-order valence-corrected chi connectivity index (χ1v) is 9.20. The number of likely N-dealkylation sites (tertiary alicyclic amines) is 1. The number of carbonyl (C=O) groups excluding carboxylic acids is 1. The highest BCUT2D eigenvalue weighted by Crippen LogP contribution is 2.34. The lowest BCUT2D eigenvalue weighted by Crippen LogP contribution is -2.38. The van der Waals surface area contributed by atoms with Crippen molar-refractivity contribution in [3.8, 4) is 5.75 Å². The van der Waals surface area contributed by atoms with E-state index in [0.29, 0.717) is 11.5 Å². The molecule has 2 aromatic carbocycles. The van der Waals surface area contributed by atoms with Gasteiger partial charge >= 0.3 is 0 Å². The minimum Gasteiger partial charge on any atom is -0.508 e. The van der Waals surface area contributed by atoms with Crippen LogP contribution in [0.5, 0.6) is 5.75 Å². The molecule has 0 bridgehead atoms. The molecule has 1 aliphatic heterocycles. The Hall–Kier alpha value is -2.75. The van der Waals surface area contributed by atoms with Gasteiger partial charge in [-0.1, -0.05) is 17.7 Å². The Bertz CT molecular complexity index is 965. The maximum absolute atomic E-state index is 12.6. The number of aryl methyl sites for hydroxylation is 2. The number of rotatable bonds is 2. The summed E-state index contributed by atoms with van der Waals surface area (Å²) >= 11 is 0. The van der Waals surface area contributed by atoms with E-state index in [1.54, 1.807) is 24.3 Å². The molecule has 0 unspecified atom stereocenters. The molecule has 1 aromatic heterocycles. The van der Waals surface area contributed by atoms with E-state index < -0.39 is 0 Å². The maximum atomic E-state index is 12.6. The van der Waals surface area contributed by atoms with Crippen molar-refractivity contribution < 1.29 is 9.90 Å². The van der Waals surface area contributed by atoms with Gasteiger partial charge in [0.15, 0.2) is 0 Å². The lowest BCUT2D eigenvalue weighted by atomic mass is 9.91. The maximum Gasteiger partial charge on any atom is 0.253 e. The number of aromatic nitrogens is 1. The molecule has 4 nitrogen and oxygen atoms in total. The third kappa shape index (κ3) is 2.96. The minimum absolute atomic E-state index is 0.00310. The third-order valence-corrected chi connectivity index (χ3v) is 5.54. The van der Waals surface area contributed by atoms with Crippen LogP contribution < -0.4 is 0 Å². The number of hydrogen-bond acceptors (Lipinski definition) is 2. The number of hydrogen-bond donors (Lipinski definition) is 2. The highest BCUT2D eigenvalue weighted by Gasteiger charge is 2.27. The number of nitrogens with one attached hydrogen (secondary N) is 1. The second-order valence-electron chi connectivity index (χ2n) is 7.33. The number of piperidine rings is 1. The Morgan fingerprint density at radius 1 is 1.12 bits per heavy atom. The lowest BCUT2D eigenvalue weighted by Gasteiger charge is -2.32. The number of benzene rings is 2. The molecular weight excluding hydrogens is 324 g/mol. The van der Waals surface area contributed by atoms with Crippen LogP contribution in [0.3, 0.4) is 0 Å². The molecule has 1 amide bonds. The fourth-order valence-electron chi connectivity index (χ4n) is 4.06. The summed E-state index contributed by atoms with van der Waals surface area (Å²) < 4.78 is 0. The van der Waals surface area contributed by atoms with Crippen molar-refractivity contribution in [1.82, 2.24) is 9.88 Å². The molecule has 134 valence electrons. The van der Waals surface area contributed by atoms with E-state index >= 15 is 0 Å². The number of fused-ring (bicyclic) bond motifs is 1. The third-order valence-electron chi connectivity index (χ3n) is 5.54. The predicted molar refractivity (Wildman–Crippen MR) is 104 cm³/mol. The zero-order valence-electron chi connectivity index (χ0n) is 15.2. The lowest BCUT2D eigenvalue weighted by molar-refractivity contribution is 0.0711. The van der Waals surface area contributed by atoms with Gasteiger partial charge in [-0.25, -0.2) is 0 Å². The first-order valence-electron chi connectivity index (χ1n) is 9.20. The van der Waals surface area contributed by atoms with E-state index in [2.05, 4.69) is 37.0 Å². The van der Waals surface area contributed by atoms with Crippen LogP contribution in [0.2, 0.25) is 0 Å². The molecule has 0 spiro atoms. The summed E-state index contributed by atoms with van der Waals surface area (Å²) in [5, 5.41) is 10.9. The number of carbonyl (C=O) groups is 1. The monoisotopic (exact) mass is 348 g/mol. The highest BCUT2D eigenvalue weighted by molar-refractivity contribution is 5.94. The van der Waals surface area contributed by atoms with E-state index in [1.165, 1.54) is 27.7 Å². The van der Waals surface area contributed by atoms with Crippen LogP contribution in [0.15, 0.2) is 42.5 Å². The van der Waals surface area contributed by atoms with Crippen LogP contribution in [-0.4, -0.2) is 34.0 Å². The van der Waals surface area contributed by atoms with Gasteiger partial charge in [-0.15, -0.1) is 0 Å². The number of nitrogens with zero attached hydrogens (tertiary/aromatic N) is 1. The van der Waals surface area contributed by atoms with E-state index in [4.69, 9.17) is 0 Å². The zero-order valence-corrected chi connectivity index (χ0v) is 15.2. The van der Waals surface area contributed by atoms with Crippen molar-refractivity contribution in [2.24, 2.45) is 0 Å². The SMILES string of the molecule is Cc1ccc2[nH]c(C3CCN(C(=O)c4cccc(O)c4)CC3)c(C)c2c1. The van der Waals surface area contributed by atoms with Gasteiger partial charge in [-0.3, -0.25) is 4.79 Å². The minimum atomic E-state index is 0.00310. The summed E-state index contributed by atoms with van der Waals surface area (Å²) in [6.07, 6.45) is 1.91. The number of aromatic hydroxyl groups is 1. The second-order valence-corrected chi connectivity index (χ2v) is 7.33. The predicted octanol–water partition coefficient (Wildman–Crippen LogP) is 4.51. The molecule has 4 heteroatoms. The summed E-state index contributed by atoms with van der Waals surface area (Å²) in [6.45, 7) is 5.80. The molecule has 0 saturated carbocycles. The van der Waals surface area contributed by atoms with E-state index in [-0.39, 0.29) is 11.7 Å². The average molecular weight is 348 g/mol. The smallest absolute Gasteiger partial charge is 0.253 e. The molecule has 1 aliphatic rings. The average Bonchev–Trinajstić information content (AvgIpc) is 2.97.